The molecule has 0 rings (SSSR count). The van der Waals surface area contributed by atoms with Gasteiger partial charge in [0, 0.05) is 12.0 Å². The molecule has 2 N–H and O–H groups in total. The summed E-state index contributed by atoms with van der Waals surface area (Å²) < 4.78 is 9.60. The van der Waals surface area contributed by atoms with Crippen molar-refractivity contribution < 1.29 is 23.9 Å². The second kappa shape index (κ2) is 10.9. The van der Waals surface area contributed by atoms with Gasteiger partial charge in [0.15, 0.2) is 5.78 Å². The molecule has 0 aliphatic heterocycles. The van der Waals surface area contributed by atoms with Crippen molar-refractivity contribution in [2.24, 2.45) is 5.41 Å². The minimum absolute atomic E-state index is 0.0381. The summed E-state index contributed by atoms with van der Waals surface area (Å²) in [5, 5.41) is 5.24. The first-order valence-corrected chi connectivity index (χ1v) is 8.10. The number of Topliss-reactive ketones (excluding diaryl/α,β-unsaturated/α-hetero) is 1. The lowest BCUT2D eigenvalue weighted by Gasteiger charge is -2.25. The minimum Gasteiger partial charge on any atom is -0.450 e. The monoisotopic (exact) mass is 330 g/mol. The van der Waals surface area contributed by atoms with E-state index < -0.39 is 23.6 Å². The van der Waals surface area contributed by atoms with Gasteiger partial charge >= 0.3 is 12.2 Å². The zero-order chi connectivity index (χ0) is 17.9. The van der Waals surface area contributed by atoms with Gasteiger partial charge in [-0.2, -0.15) is 0 Å². The summed E-state index contributed by atoms with van der Waals surface area (Å²) in [6.45, 7) is 9.95. The Balaban J connectivity index is 4.34. The molecule has 0 fully saturated rings. The van der Waals surface area contributed by atoms with Gasteiger partial charge in [-0.1, -0.05) is 20.8 Å². The van der Waals surface area contributed by atoms with E-state index in [1.165, 1.54) is 0 Å². The molecule has 1 atom stereocenters. The second-order valence-corrected chi connectivity index (χ2v) is 6.17. The maximum atomic E-state index is 12.4. The van der Waals surface area contributed by atoms with Crippen LogP contribution in [0, 0.1) is 5.41 Å². The molecule has 0 saturated heterocycles. The number of alkyl carbamates (subject to hydrolysis) is 2. The van der Waals surface area contributed by atoms with Crippen LogP contribution in [0.15, 0.2) is 0 Å². The molecule has 2 amide bonds. The standard InChI is InChI=1S/C16H30N2O5/c1-6-22-14(20)17-11-9-8-10-12(13(19)16(3,4)5)18-15(21)23-7-2/h12H,6-11H2,1-5H3,(H,17,20)(H,18,21). The number of carbonyl (C=O) groups excluding carboxylic acids is 3. The normalized spacial score (nSPS) is 12.2. The number of nitrogens with one attached hydrogen (secondary N) is 2. The summed E-state index contributed by atoms with van der Waals surface area (Å²) in [7, 11) is 0. The van der Waals surface area contributed by atoms with E-state index in [-0.39, 0.29) is 12.4 Å². The Morgan fingerprint density at radius 1 is 0.957 bits per heavy atom. The van der Waals surface area contributed by atoms with Crippen LogP contribution >= 0.6 is 0 Å². The highest BCUT2D eigenvalue weighted by Crippen LogP contribution is 2.19. The van der Waals surface area contributed by atoms with E-state index in [1.807, 2.05) is 20.8 Å². The van der Waals surface area contributed by atoms with Crippen molar-refractivity contribution >= 4 is 18.0 Å². The van der Waals surface area contributed by atoms with E-state index in [0.29, 0.717) is 32.4 Å². The molecule has 7 heteroatoms. The summed E-state index contributed by atoms with van der Waals surface area (Å²) in [6.07, 6.45) is 0.848. The summed E-state index contributed by atoms with van der Waals surface area (Å²) in [4.78, 5) is 35.1. The van der Waals surface area contributed by atoms with E-state index in [1.54, 1.807) is 13.8 Å². The molecule has 0 aliphatic carbocycles. The molecule has 0 aliphatic rings. The molecule has 0 radical (unpaired) electrons. The average molecular weight is 330 g/mol. The molecular formula is C16H30N2O5. The lowest BCUT2D eigenvalue weighted by molar-refractivity contribution is -0.128. The van der Waals surface area contributed by atoms with E-state index in [9.17, 15) is 14.4 Å². The third kappa shape index (κ3) is 9.76. The average Bonchev–Trinajstić information content (AvgIpc) is 2.44. The first kappa shape index (κ1) is 21.2. The quantitative estimate of drug-likeness (QED) is 0.634. The van der Waals surface area contributed by atoms with Gasteiger partial charge in [0.25, 0.3) is 0 Å². The maximum Gasteiger partial charge on any atom is 0.407 e. The van der Waals surface area contributed by atoms with Gasteiger partial charge in [-0.15, -0.1) is 0 Å². The number of hydrogen-bond acceptors (Lipinski definition) is 5. The van der Waals surface area contributed by atoms with Crippen LogP contribution < -0.4 is 10.6 Å². The van der Waals surface area contributed by atoms with E-state index in [4.69, 9.17) is 9.47 Å². The van der Waals surface area contributed by atoms with Crippen molar-refractivity contribution in [3.63, 3.8) is 0 Å². The van der Waals surface area contributed by atoms with Gasteiger partial charge in [0.1, 0.15) is 0 Å². The Kier molecular flexibility index (Phi) is 10.0. The Bertz CT molecular complexity index is 390. The highest BCUT2D eigenvalue weighted by molar-refractivity contribution is 5.91. The summed E-state index contributed by atoms with van der Waals surface area (Å²) in [5.74, 6) is -0.0381. The predicted molar refractivity (Wildman–Crippen MR) is 87.3 cm³/mol. The molecule has 0 aromatic heterocycles. The second-order valence-electron chi connectivity index (χ2n) is 6.17. The fraction of sp³-hybridized carbons (Fsp3) is 0.812. The molecule has 0 aromatic carbocycles. The van der Waals surface area contributed by atoms with Crippen LogP contribution in [0.1, 0.15) is 53.9 Å². The molecule has 23 heavy (non-hydrogen) atoms. The van der Waals surface area contributed by atoms with Crippen LogP contribution in [0.2, 0.25) is 0 Å². The van der Waals surface area contributed by atoms with Crippen molar-refractivity contribution in [3.8, 4) is 0 Å². The van der Waals surface area contributed by atoms with Crippen LogP contribution in [-0.2, 0) is 14.3 Å². The van der Waals surface area contributed by atoms with Crippen molar-refractivity contribution in [3.05, 3.63) is 0 Å². The highest BCUT2D eigenvalue weighted by Gasteiger charge is 2.30. The molecule has 0 heterocycles. The summed E-state index contributed by atoms with van der Waals surface area (Å²) in [6, 6.07) is -0.586. The van der Waals surface area contributed by atoms with Crippen molar-refractivity contribution in [1.29, 1.82) is 0 Å². The van der Waals surface area contributed by atoms with Gasteiger partial charge < -0.3 is 20.1 Å². The van der Waals surface area contributed by atoms with Crippen LogP contribution in [0.3, 0.4) is 0 Å². The number of unbranched alkanes of at least 4 members (excludes halogenated alkanes) is 1. The molecule has 0 bridgehead atoms. The molecular weight excluding hydrogens is 300 g/mol. The highest BCUT2D eigenvalue weighted by atomic mass is 16.6. The third-order valence-electron chi connectivity index (χ3n) is 3.09. The number of hydrogen-bond donors (Lipinski definition) is 2. The van der Waals surface area contributed by atoms with Crippen molar-refractivity contribution in [2.45, 2.75) is 59.9 Å². The van der Waals surface area contributed by atoms with Gasteiger partial charge in [-0.3, -0.25) is 4.79 Å². The van der Waals surface area contributed by atoms with E-state index >= 15 is 0 Å². The Morgan fingerprint density at radius 2 is 1.52 bits per heavy atom. The third-order valence-corrected chi connectivity index (χ3v) is 3.09. The SMILES string of the molecule is CCOC(=O)NCCCCC(NC(=O)OCC)C(=O)C(C)(C)C. The van der Waals surface area contributed by atoms with Gasteiger partial charge in [0.2, 0.25) is 0 Å². The number of ketones is 1. The number of carbonyl (C=O) groups is 3. The fourth-order valence-corrected chi connectivity index (χ4v) is 1.95. The summed E-state index contributed by atoms with van der Waals surface area (Å²) in [5.41, 5.74) is -0.548. The minimum atomic E-state index is -0.586. The molecule has 1 unspecified atom stereocenters. The van der Waals surface area contributed by atoms with Crippen molar-refractivity contribution in [2.75, 3.05) is 19.8 Å². The van der Waals surface area contributed by atoms with Crippen LogP contribution in [0.5, 0.6) is 0 Å². The zero-order valence-electron chi connectivity index (χ0n) is 14.9. The molecule has 0 saturated carbocycles. The van der Waals surface area contributed by atoms with Gasteiger partial charge in [-0.05, 0) is 33.1 Å². The smallest absolute Gasteiger partial charge is 0.407 e. The molecule has 0 spiro atoms. The number of rotatable bonds is 9. The van der Waals surface area contributed by atoms with Gasteiger partial charge in [-0.25, -0.2) is 9.59 Å². The fourth-order valence-electron chi connectivity index (χ4n) is 1.95. The van der Waals surface area contributed by atoms with Crippen molar-refractivity contribution in [1.82, 2.24) is 10.6 Å². The Labute approximate surface area is 138 Å². The predicted octanol–water partition coefficient (Wildman–Crippen LogP) is 2.63. The van der Waals surface area contributed by atoms with E-state index in [2.05, 4.69) is 10.6 Å². The Hall–Kier alpha value is -1.79. The topological polar surface area (TPSA) is 93.7 Å². The van der Waals surface area contributed by atoms with Crippen LogP contribution in [0.25, 0.3) is 0 Å². The first-order valence-electron chi connectivity index (χ1n) is 8.10. The first-order chi connectivity index (χ1) is 10.7. The largest absolute Gasteiger partial charge is 0.450 e. The van der Waals surface area contributed by atoms with E-state index in [0.717, 1.165) is 0 Å². The van der Waals surface area contributed by atoms with Crippen LogP contribution in [0.4, 0.5) is 9.59 Å². The summed E-state index contributed by atoms with van der Waals surface area (Å²) >= 11 is 0. The number of amides is 2. The molecule has 7 nitrogen and oxygen atoms in total. The lowest BCUT2D eigenvalue weighted by atomic mass is 9.85. The maximum absolute atomic E-state index is 12.4. The Morgan fingerprint density at radius 3 is 2.04 bits per heavy atom. The zero-order valence-corrected chi connectivity index (χ0v) is 14.9. The molecule has 134 valence electrons. The number of ether oxygens (including phenoxy) is 2. The lowest BCUT2D eigenvalue weighted by Crippen LogP contribution is -2.45. The molecule has 0 aromatic rings. The van der Waals surface area contributed by atoms with Crippen LogP contribution in [-0.4, -0.2) is 43.8 Å². The van der Waals surface area contributed by atoms with Gasteiger partial charge in [0.05, 0.1) is 19.3 Å².